The molecule has 0 radical (unpaired) electrons. The number of benzene rings is 1. The fourth-order valence-electron chi connectivity index (χ4n) is 3.51. The van der Waals surface area contributed by atoms with Crippen LogP contribution in [0.1, 0.15) is 44.2 Å². The van der Waals surface area contributed by atoms with Gasteiger partial charge in [-0.25, -0.2) is 0 Å². The summed E-state index contributed by atoms with van der Waals surface area (Å²) in [5.74, 6) is 0.593. The molecule has 144 valence electrons. The number of furan rings is 1. The van der Waals surface area contributed by atoms with Crippen LogP contribution in [0.5, 0.6) is 0 Å². The van der Waals surface area contributed by atoms with Gasteiger partial charge in [-0.3, -0.25) is 19.4 Å². The first-order chi connectivity index (χ1) is 13.7. The fourth-order valence-corrected chi connectivity index (χ4v) is 4.25. The molecule has 0 aliphatic carbocycles. The second-order valence-corrected chi connectivity index (χ2v) is 7.92. The Morgan fingerprint density at radius 2 is 1.68 bits per heavy atom. The smallest absolute Gasteiger partial charge is 0.261 e. The Balaban J connectivity index is 1.31. The minimum absolute atomic E-state index is 0.174. The Hall–Kier alpha value is -2.70. The summed E-state index contributed by atoms with van der Waals surface area (Å²) in [6, 6.07) is 15.1. The number of rotatable bonds is 9. The van der Waals surface area contributed by atoms with Crippen molar-refractivity contribution >= 4 is 23.2 Å². The maximum atomic E-state index is 12.4. The molecule has 0 saturated heterocycles. The van der Waals surface area contributed by atoms with Crippen LogP contribution in [0.3, 0.4) is 0 Å². The highest BCUT2D eigenvalue weighted by molar-refractivity contribution is 7.09. The molecule has 0 spiro atoms. The second kappa shape index (κ2) is 8.54. The molecule has 0 unspecified atom stereocenters. The monoisotopic (exact) mass is 394 g/mol. The zero-order chi connectivity index (χ0) is 19.3. The molecule has 0 atom stereocenters. The number of hydrogen-bond acceptors (Lipinski definition) is 5. The lowest BCUT2D eigenvalue weighted by Gasteiger charge is -2.21. The van der Waals surface area contributed by atoms with Gasteiger partial charge in [-0.2, -0.15) is 0 Å². The molecule has 1 aromatic carbocycles. The summed E-state index contributed by atoms with van der Waals surface area (Å²) >= 11 is 1.75. The zero-order valence-corrected chi connectivity index (χ0v) is 16.4. The van der Waals surface area contributed by atoms with E-state index in [1.54, 1.807) is 41.9 Å². The lowest BCUT2D eigenvalue weighted by molar-refractivity contribution is 0.0650. The highest BCUT2D eigenvalue weighted by atomic mass is 32.1. The van der Waals surface area contributed by atoms with E-state index in [4.69, 9.17) is 4.42 Å². The van der Waals surface area contributed by atoms with Gasteiger partial charge in [0.25, 0.3) is 11.8 Å². The molecular weight excluding hydrogens is 372 g/mol. The molecule has 0 N–H and O–H groups in total. The van der Waals surface area contributed by atoms with E-state index in [0.29, 0.717) is 17.7 Å². The molecular formula is C22H22N2O3S. The molecule has 3 aromatic rings. The molecule has 4 rings (SSSR count). The van der Waals surface area contributed by atoms with Crippen LogP contribution in [0.25, 0.3) is 0 Å². The minimum Gasteiger partial charge on any atom is -0.468 e. The van der Waals surface area contributed by atoms with Crippen LogP contribution in [0.4, 0.5) is 0 Å². The number of thiophene rings is 1. The van der Waals surface area contributed by atoms with E-state index in [1.807, 2.05) is 12.1 Å². The number of unbranched alkanes of at least 4 members (excludes halogenated alkanes) is 1. The van der Waals surface area contributed by atoms with Crippen molar-refractivity contribution in [2.75, 3.05) is 13.1 Å². The Labute approximate surface area is 168 Å². The fraction of sp³-hybridized carbons (Fsp3) is 0.273. The van der Waals surface area contributed by atoms with E-state index in [1.165, 1.54) is 9.78 Å². The molecule has 1 aliphatic rings. The van der Waals surface area contributed by atoms with E-state index in [9.17, 15) is 9.59 Å². The third kappa shape index (κ3) is 4.08. The minimum atomic E-state index is -0.174. The van der Waals surface area contributed by atoms with Crippen LogP contribution in [-0.4, -0.2) is 34.7 Å². The highest BCUT2D eigenvalue weighted by Crippen LogP contribution is 2.23. The molecule has 2 aromatic heterocycles. The normalized spacial score (nSPS) is 13.5. The van der Waals surface area contributed by atoms with Gasteiger partial charge in [0, 0.05) is 18.0 Å². The van der Waals surface area contributed by atoms with Crippen LogP contribution >= 0.6 is 11.3 Å². The maximum absolute atomic E-state index is 12.4. The van der Waals surface area contributed by atoms with Crippen molar-refractivity contribution in [1.29, 1.82) is 0 Å². The van der Waals surface area contributed by atoms with Crippen LogP contribution in [0, 0.1) is 0 Å². The summed E-state index contributed by atoms with van der Waals surface area (Å²) in [7, 11) is 0. The number of hydrogen-bond donors (Lipinski definition) is 0. The van der Waals surface area contributed by atoms with Crippen molar-refractivity contribution in [2.45, 2.75) is 25.9 Å². The molecule has 0 bridgehead atoms. The first-order valence-corrected chi connectivity index (χ1v) is 10.3. The quantitative estimate of drug-likeness (QED) is 0.398. The number of carbonyl (C=O) groups excluding carboxylic acids is 2. The molecule has 0 fully saturated rings. The lowest BCUT2D eigenvalue weighted by Crippen LogP contribution is -2.31. The Morgan fingerprint density at radius 1 is 0.893 bits per heavy atom. The van der Waals surface area contributed by atoms with Crippen molar-refractivity contribution in [3.8, 4) is 0 Å². The summed E-state index contributed by atoms with van der Waals surface area (Å²) in [5.41, 5.74) is 1.04. The molecule has 5 nitrogen and oxygen atoms in total. The summed E-state index contributed by atoms with van der Waals surface area (Å²) in [6.45, 7) is 2.95. The number of carbonyl (C=O) groups is 2. The van der Waals surface area contributed by atoms with Crippen molar-refractivity contribution in [3.63, 3.8) is 0 Å². The molecule has 0 saturated carbocycles. The van der Waals surface area contributed by atoms with E-state index in [0.717, 1.165) is 38.2 Å². The van der Waals surface area contributed by atoms with Crippen molar-refractivity contribution < 1.29 is 14.0 Å². The highest BCUT2D eigenvalue weighted by Gasteiger charge is 2.34. The third-order valence-corrected chi connectivity index (χ3v) is 5.76. The van der Waals surface area contributed by atoms with Gasteiger partial charge in [0.1, 0.15) is 5.76 Å². The van der Waals surface area contributed by atoms with E-state index < -0.39 is 0 Å². The van der Waals surface area contributed by atoms with Gasteiger partial charge in [0.2, 0.25) is 0 Å². The largest absolute Gasteiger partial charge is 0.468 e. The topological polar surface area (TPSA) is 53.8 Å². The van der Waals surface area contributed by atoms with Crippen molar-refractivity contribution in [1.82, 2.24) is 9.80 Å². The van der Waals surface area contributed by atoms with Gasteiger partial charge in [-0.1, -0.05) is 18.2 Å². The SMILES string of the molecule is O=C1c2ccccc2C(=O)N1CCCCN(Cc1ccco1)Cc1cccs1. The number of nitrogens with zero attached hydrogens (tertiary/aromatic N) is 2. The number of amides is 2. The Kier molecular flexibility index (Phi) is 5.69. The first-order valence-electron chi connectivity index (χ1n) is 9.45. The van der Waals surface area contributed by atoms with Gasteiger partial charge in [0.05, 0.1) is 23.9 Å². The molecule has 1 aliphatic heterocycles. The predicted octanol–water partition coefficient (Wildman–Crippen LogP) is 4.42. The molecule has 2 amide bonds. The van der Waals surface area contributed by atoms with E-state index in [2.05, 4.69) is 22.4 Å². The van der Waals surface area contributed by atoms with Crippen LogP contribution in [-0.2, 0) is 13.1 Å². The van der Waals surface area contributed by atoms with E-state index >= 15 is 0 Å². The van der Waals surface area contributed by atoms with Crippen molar-refractivity contribution in [2.24, 2.45) is 0 Å². The van der Waals surface area contributed by atoms with Crippen LogP contribution in [0.2, 0.25) is 0 Å². The number of fused-ring (bicyclic) bond motifs is 1. The summed E-state index contributed by atoms with van der Waals surface area (Å²) in [5, 5.41) is 2.09. The van der Waals surface area contributed by atoms with Gasteiger partial charge < -0.3 is 4.42 Å². The molecule has 6 heteroatoms. The lowest BCUT2D eigenvalue weighted by atomic mass is 10.1. The average molecular weight is 394 g/mol. The zero-order valence-electron chi connectivity index (χ0n) is 15.5. The summed E-state index contributed by atoms with van der Waals surface area (Å²) in [4.78, 5) is 29.9. The van der Waals surface area contributed by atoms with Gasteiger partial charge in [-0.15, -0.1) is 11.3 Å². The maximum Gasteiger partial charge on any atom is 0.261 e. The van der Waals surface area contributed by atoms with Crippen molar-refractivity contribution in [3.05, 3.63) is 81.9 Å². The van der Waals surface area contributed by atoms with Gasteiger partial charge >= 0.3 is 0 Å². The third-order valence-electron chi connectivity index (χ3n) is 4.90. The number of imide groups is 1. The van der Waals surface area contributed by atoms with E-state index in [-0.39, 0.29) is 11.8 Å². The van der Waals surface area contributed by atoms with Gasteiger partial charge in [-0.05, 0) is 55.1 Å². The predicted molar refractivity (Wildman–Crippen MR) is 108 cm³/mol. The average Bonchev–Trinajstić information content (AvgIpc) is 3.44. The Bertz CT molecular complexity index is 863. The van der Waals surface area contributed by atoms with Crippen LogP contribution in [0.15, 0.2) is 64.6 Å². The van der Waals surface area contributed by atoms with Crippen LogP contribution < -0.4 is 0 Å². The molecule has 28 heavy (non-hydrogen) atoms. The summed E-state index contributed by atoms with van der Waals surface area (Å²) < 4.78 is 5.50. The standard InChI is InChI=1S/C22H22N2O3S/c25-21-19-9-1-2-10-20(19)22(26)24(21)12-4-3-11-23(15-17-7-5-13-27-17)16-18-8-6-14-28-18/h1-2,5-10,13-14H,3-4,11-12,15-16H2. The summed E-state index contributed by atoms with van der Waals surface area (Å²) in [6.07, 6.45) is 3.38. The second-order valence-electron chi connectivity index (χ2n) is 6.88. The van der Waals surface area contributed by atoms with Gasteiger partial charge in [0.15, 0.2) is 0 Å². The molecule has 3 heterocycles. The Morgan fingerprint density at radius 3 is 2.32 bits per heavy atom. The first kappa shape index (κ1) is 18.7.